The number of aromatic nitrogens is 2. The van der Waals surface area contributed by atoms with Gasteiger partial charge in [0.25, 0.3) is 5.91 Å². The van der Waals surface area contributed by atoms with Gasteiger partial charge in [-0.15, -0.1) is 0 Å². The zero-order valence-electron chi connectivity index (χ0n) is 10.3. The van der Waals surface area contributed by atoms with Crippen molar-refractivity contribution in [3.63, 3.8) is 0 Å². The van der Waals surface area contributed by atoms with E-state index in [9.17, 15) is 4.79 Å². The van der Waals surface area contributed by atoms with Crippen molar-refractivity contribution in [2.45, 2.75) is 6.92 Å². The zero-order valence-corrected chi connectivity index (χ0v) is 10.3. The average Bonchev–Trinajstić information content (AvgIpc) is 2.83. The van der Waals surface area contributed by atoms with Crippen molar-refractivity contribution >= 4 is 17.6 Å². The number of para-hydroxylation sites is 1. The van der Waals surface area contributed by atoms with Crippen LogP contribution in [0.4, 0.5) is 11.7 Å². The van der Waals surface area contributed by atoms with E-state index in [0.29, 0.717) is 23.7 Å². The van der Waals surface area contributed by atoms with Crippen LogP contribution in [0.25, 0.3) is 0 Å². The Morgan fingerprint density at radius 2 is 2.37 bits per heavy atom. The zero-order chi connectivity index (χ0) is 13.2. The van der Waals surface area contributed by atoms with Crippen molar-refractivity contribution in [2.24, 2.45) is 0 Å². The molecule has 3 rings (SSSR count). The normalized spacial score (nSPS) is 13.1. The molecule has 2 N–H and O–H groups in total. The van der Waals surface area contributed by atoms with Gasteiger partial charge < -0.3 is 14.6 Å². The smallest absolute Gasteiger partial charge is 0.328 e. The van der Waals surface area contributed by atoms with Crippen molar-refractivity contribution in [1.82, 2.24) is 10.1 Å². The van der Waals surface area contributed by atoms with Crippen LogP contribution in [0.1, 0.15) is 16.2 Å². The number of ether oxygens (including phenoxy) is 1. The van der Waals surface area contributed by atoms with Crippen LogP contribution < -0.4 is 15.4 Å². The number of fused-ring (bicyclic) bond motifs is 1. The third-order valence-corrected chi connectivity index (χ3v) is 2.67. The van der Waals surface area contributed by atoms with Gasteiger partial charge in [-0.2, -0.15) is 4.98 Å². The first-order valence-electron chi connectivity index (χ1n) is 5.85. The first-order chi connectivity index (χ1) is 9.24. The van der Waals surface area contributed by atoms with E-state index in [-0.39, 0.29) is 11.9 Å². The fourth-order valence-corrected chi connectivity index (χ4v) is 1.86. The molecule has 7 nitrogen and oxygen atoms in total. The van der Waals surface area contributed by atoms with Gasteiger partial charge in [0.15, 0.2) is 11.6 Å². The van der Waals surface area contributed by atoms with Crippen LogP contribution in [0.15, 0.2) is 22.7 Å². The van der Waals surface area contributed by atoms with Crippen LogP contribution in [-0.4, -0.2) is 29.2 Å². The van der Waals surface area contributed by atoms with Gasteiger partial charge in [0.2, 0.25) is 0 Å². The van der Waals surface area contributed by atoms with Gasteiger partial charge in [-0.05, 0) is 19.1 Å². The highest BCUT2D eigenvalue weighted by Crippen LogP contribution is 2.31. The summed E-state index contributed by atoms with van der Waals surface area (Å²) in [6, 6.07) is 5.41. The molecule has 0 saturated heterocycles. The highest BCUT2D eigenvalue weighted by atomic mass is 16.5. The monoisotopic (exact) mass is 260 g/mol. The first-order valence-corrected chi connectivity index (χ1v) is 5.85. The van der Waals surface area contributed by atoms with Gasteiger partial charge in [-0.25, -0.2) is 0 Å². The number of rotatable bonds is 2. The molecular weight excluding hydrogens is 248 g/mol. The number of aryl methyl sites for hydroxylation is 1. The molecule has 2 aromatic rings. The van der Waals surface area contributed by atoms with Crippen LogP contribution in [0, 0.1) is 6.92 Å². The molecule has 1 aromatic carbocycles. The molecule has 0 saturated carbocycles. The molecule has 0 radical (unpaired) electrons. The van der Waals surface area contributed by atoms with E-state index < -0.39 is 0 Å². The highest BCUT2D eigenvalue weighted by Gasteiger charge is 2.20. The van der Waals surface area contributed by atoms with E-state index in [1.165, 1.54) is 0 Å². The second-order valence-electron chi connectivity index (χ2n) is 4.06. The Bertz CT molecular complexity index is 623. The van der Waals surface area contributed by atoms with Crippen LogP contribution in [0.2, 0.25) is 0 Å². The molecule has 0 aliphatic carbocycles. The SMILES string of the molecule is Cc1noc(NC(=O)c2cccc3c2OCCN3)n1. The van der Waals surface area contributed by atoms with Gasteiger partial charge in [-0.3, -0.25) is 10.1 Å². The predicted molar refractivity (Wildman–Crippen MR) is 67.4 cm³/mol. The average molecular weight is 260 g/mol. The molecule has 0 fully saturated rings. The fraction of sp³-hybridized carbons (Fsp3) is 0.250. The summed E-state index contributed by atoms with van der Waals surface area (Å²) in [7, 11) is 0. The van der Waals surface area contributed by atoms with Crippen molar-refractivity contribution in [1.29, 1.82) is 0 Å². The molecule has 19 heavy (non-hydrogen) atoms. The molecule has 1 amide bonds. The minimum absolute atomic E-state index is 0.0730. The van der Waals surface area contributed by atoms with E-state index in [0.717, 1.165) is 12.2 Å². The predicted octanol–water partition coefficient (Wildman–Crippen LogP) is 1.43. The summed E-state index contributed by atoms with van der Waals surface area (Å²) < 4.78 is 10.4. The largest absolute Gasteiger partial charge is 0.489 e. The number of carbonyl (C=O) groups is 1. The molecule has 0 atom stereocenters. The quantitative estimate of drug-likeness (QED) is 0.849. The van der Waals surface area contributed by atoms with E-state index >= 15 is 0 Å². The molecule has 0 spiro atoms. The summed E-state index contributed by atoms with van der Waals surface area (Å²) in [5.74, 6) is 0.662. The lowest BCUT2D eigenvalue weighted by molar-refractivity contribution is 0.101. The Morgan fingerprint density at radius 3 is 3.16 bits per heavy atom. The van der Waals surface area contributed by atoms with Gasteiger partial charge in [0.05, 0.1) is 11.3 Å². The number of hydrogen-bond donors (Lipinski definition) is 2. The van der Waals surface area contributed by atoms with Crippen molar-refractivity contribution < 1.29 is 14.1 Å². The number of nitrogens with zero attached hydrogens (tertiary/aromatic N) is 2. The maximum atomic E-state index is 12.1. The van der Waals surface area contributed by atoms with E-state index in [4.69, 9.17) is 9.26 Å². The third kappa shape index (κ3) is 2.22. The number of hydrogen-bond acceptors (Lipinski definition) is 6. The molecule has 1 aliphatic rings. The minimum Gasteiger partial charge on any atom is -0.489 e. The molecular formula is C12H12N4O3. The minimum atomic E-state index is -0.343. The summed E-state index contributed by atoms with van der Waals surface area (Å²) in [5, 5.41) is 9.32. The topological polar surface area (TPSA) is 89.3 Å². The summed E-state index contributed by atoms with van der Waals surface area (Å²) in [5.41, 5.74) is 1.24. The Balaban J connectivity index is 1.87. The van der Waals surface area contributed by atoms with Crippen molar-refractivity contribution in [2.75, 3.05) is 23.8 Å². The Kier molecular flexibility index (Phi) is 2.79. The van der Waals surface area contributed by atoms with Crippen LogP contribution in [0.5, 0.6) is 5.75 Å². The molecule has 0 bridgehead atoms. The summed E-state index contributed by atoms with van der Waals surface area (Å²) in [4.78, 5) is 16.1. The number of nitrogens with one attached hydrogen (secondary N) is 2. The molecule has 1 aromatic heterocycles. The maximum Gasteiger partial charge on any atom is 0.328 e. The maximum absolute atomic E-state index is 12.1. The second-order valence-corrected chi connectivity index (χ2v) is 4.06. The number of anilines is 2. The number of benzene rings is 1. The third-order valence-electron chi connectivity index (χ3n) is 2.67. The van der Waals surface area contributed by atoms with Gasteiger partial charge in [0.1, 0.15) is 6.61 Å². The number of carbonyl (C=O) groups excluding carboxylic acids is 1. The summed E-state index contributed by atoms with van der Waals surface area (Å²) in [6.07, 6.45) is 0. The molecule has 2 heterocycles. The fourth-order valence-electron chi connectivity index (χ4n) is 1.86. The summed E-state index contributed by atoms with van der Waals surface area (Å²) in [6.45, 7) is 2.93. The van der Waals surface area contributed by atoms with Crippen LogP contribution in [-0.2, 0) is 0 Å². The van der Waals surface area contributed by atoms with Crippen molar-refractivity contribution in [3.05, 3.63) is 29.6 Å². The second kappa shape index (κ2) is 4.60. The van der Waals surface area contributed by atoms with E-state index in [2.05, 4.69) is 20.8 Å². The van der Waals surface area contributed by atoms with Crippen LogP contribution >= 0.6 is 0 Å². The number of amides is 1. The van der Waals surface area contributed by atoms with E-state index in [1.54, 1.807) is 19.1 Å². The van der Waals surface area contributed by atoms with Gasteiger partial charge in [0, 0.05) is 6.54 Å². The Morgan fingerprint density at radius 1 is 1.47 bits per heavy atom. The lowest BCUT2D eigenvalue weighted by Gasteiger charge is -2.20. The lowest BCUT2D eigenvalue weighted by atomic mass is 10.1. The van der Waals surface area contributed by atoms with Crippen molar-refractivity contribution in [3.8, 4) is 5.75 Å². The highest BCUT2D eigenvalue weighted by molar-refractivity contribution is 6.06. The lowest BCUT2D eigenvalue weighted by Crippen LogP contribution is -2.22. The Labute approximate surface area is 109 Å². The van der Waals surface area contributed by atoms with Crippen LogP contribution in [0.3, 0.4) is 0 Å². The van der Waals surface area contributed by atoms with Gasteiger partial charge in [-0.1, -0.05) is 11.2 Å². The molecule has 98 valence electrons. The molecule has 7 heteroatoms. The summed E-state index contributed by atoms with van der Waals surface area (Å²) >= 11 is 0. The standard InChI is InChI=1S/C12H12N4O3/c1-7-14-12(19-16-7)15-11(17)8-3-2-4-9-10(8)18-6-5-13-9/h2-4,13H,5-6H2,1H3,(H,14,15,16,17). The molecule has 0 unspecified atom stereocenters. The Hall–Kier alpha value is -2.57. The first kappa shape index (κ1) is 11.5. The molecule has 1 aliphatic heterocycles. The van der Waals surface area contributed by atoms with Gasteiger partial charge >= 0.3 is 6.01 Å². The van der Waals surface area contributed by atoms with E-state index in [1.807, 2.05) is 6.07 Å².